The van der Waals surface area contributed by atoms with E-state index in [-0.39, 0.29) is 0 Å². The molecule has 0 unspecified atom stereocenters. The van der Waals surface area contributed by atoms with Crippen LogP contribution in [0.4, 0.5) is 0 Å². The highest BCUT2D eigenvalue weighted by atomic mass is 32.2. The molecule has 35 valence electrons. The average molecular weight is 106 g/mol. The average Bonchev–Trinajstić information content (AvgIpc) is 1.35. The molecule has 4 heteroatoms. The zero-order valence-electron chi connectivity index (χ0n) is 2.96. The van der Waals surface area contributed by atoms with Gasteiger partial charge in [0.25, 0.3) is 0 Å². The van der Waals surface area contributed by atoms with Crippen LogP contribution in [0.3, 0.4) is 0 Å². The Kier molecular flexibility index (Phi) is 1.32. The van der Waals surface area contributed by atoms with Crippen molar-refractivity contribution in [3.05, 3.63) is 12.0 Å². The van der Waals surface area contributed by atoms with E-state index < -0.39 is 10.0 Å². The Morgan fingerprint density at radius 1 is 1.67 bits per heavy atom. The lowest BCUT2D eigenvalue weighted by Gasteiger charge is -1.74. The maximum Gasteiger partial charge on any atom is 0.231 e. The highest BCUT2D eigenvalue weighted by Crippen LogP contribution is 1.69. The summed E-state index contributed by atoms with van der Waals surface area (Å²) in [5.41, 5.74) is 0. The maximum absolute atomic E-state index is 9.60. The fraction of sp³-hybridized carbons (Fsp3) is 0. The molecule has 0 aliphatic carbocycles. The van der Waals surface area contributed by atoms with Crippen LogP contribution in [0.25, 0.3) is 0 Å². The van der Waals surface area contributed by atoms with E-state index in [9.17, 15) is 8.42 Å². The highest BCUT2D eigenvalue weighted by Gasteiger charge is 1.85. The normalized spacial score (nSPS) is 10.8. The third kappa shape index (κ3) is 3.65. The van der Waals surface area contributed by atoms with E-state index in [2.05, 4.69) is 11.7 Å². The van der Waals surface area contributed by atoms with Crippen LogP contribution in [0.1, 0.15) is 0 Å². The number of nitrogens with two attached hydrogens (primary N) is 1. The Morgan fingerprint density at radius 2 is 1.83 bits per heavy atom. The van der Waals surface area contributed by atoms with Gasteiger partial charge in [-0.3, -0.25) is 0 Å². The molecule has 0 amide bonds. The van der Waals surface area contributed by atoms with E-state index in [1.54, 1.807) is 0 Å². The van der Waals surface area contributed by atoms with Crippen molar-refractivity contribution in [3.8, 4) is 0 Å². The Hall–Kier alpha value is -0.350. The van der Waals surface area contributed by atoms with Crippen molar-refractivity contribution in [1.29, 1.82) is 0 Å². The van der Waals surface area contributed by atoms with E-state index >= 15 is 0 Å². The van der Waals surface area contributed by atoms with Crippen molar-refractivity contribution in [1.82, 2.24) is 0 Å². The number of hydrogen-bond acceptors (Lipinski definition) is 2. The van der Waals surface area contributed by atoms with Crippen LogP contribution < -0.4 is 5.14 Å². The van der Waals surface area contributed by atoms with Crippen LogP contribution >= 0.6 is 0 Å². The summed E-state index contributed by atoms with van der Waals surface area (Å²) < 4.78 is 19.2. The van der Waals surface area contributed by atoms with Gasteiger partial charge in [0, 0.05) is 5.41 Å². The van der Waals surface area contributed by atoms with E-state index in [1.807, 2.05) is 0 Å². The van der Waals surface area contributed by atoms with E-state index in [0.29, 0.717) is 5.41 Å². The molecule has 0 bridgehead atoms. The van der Waals surface area contributed by atoms with Gasteiger partial charge < -0.3 is 0 Å². The van der Waals surface area contributed by atoms with Gasteiger partial charge in [-0.05, 0) is 6.58 Å². The highest BCUT2D eigenvalue weighted by molar-refractivity contribution is 7.92. The molecule has 0 saturated carbocycles. The minimum atomic E-state index is -3.51. The van der Waals surface area contributed by atoms with Gasteiger partial charge in [0.15, 0.2) is 0 Å². The predicted molar refractivity (Wildman–Crippen MR) is 22.0 cm³/mol. The summed E-state index contributed by atoms with van der Waals surface area (Å²) in [5.74, 6) is 0. The van der Waals surface area contributed by atoms with Gasteiger partial charge in [0.1, 0.15) is 0 Å². The molecule has 3 nitrogen and oxygen atoms in total. The Bertz CT molecular complexity index is 122. The minimum Gasteiger partial charge on any atom is -0.225 e. The largest absolute Gasteiger partial charge is 0.231 e. The van der Waals surface area contributed by atoms with Gasteiger partial charge in [-0.1, -0.05) is 0 Å². The molecule has 2 N–H and O–H groups in total. The molecule has 0 spiro atoms. The maximum atomic E-state index is 9.60. The molecule has 0 aromatic carbocycles. The van der Waals surface area contributed by atoms with Crippen molar-refractivity contribution in [2.75, 3.05) is 0 Å². The summed E-state index contributed by atoms with van der Waals surface area (Å²) in [5, 5.41) is 4.76. The molecular weight excluding hydrogens is 102 g/mol. The summed E-state index contributed by atoms with van der Waals surface area (Å²) in [7, 11) is -3.51. The van der Waals surface area contributed by atoms with Crippen molar-refractivity contribution < 1.29 is 8.42 Å². The molecule has 0 aromatic rings. The monoisotopic (exact) mass is 106 g/mol. The van der Waals surface area contributed by atoms with Gasteiger partial charge in [-0.15, -0.1) is 0 Å². The van der Waals surface area contributed by atoms with Crippen LogP contribution in [0.15, 0.2) is 5.41 Å². The van der Waals surface area contributed by atoms with Crippen LogP contribution in [0, 0.1) is 6.58 Å². The molecule has 0 aromatic heterocycles. The first-order valence-electron chi connectivity index (χ1n) is 1.14. The number of hydrogen-bond donors (Lipinski definition) is 1. The van der Waals surface area contributed by atoms with Gasteiger partial charge in [0.05, 0.1) is 0 Å². The second kappa shape index (κ2) is 1.40. The molecule has 6 heavy (non-hydrogen) atoms. The third-order valence-electron chi connectivity index (χ3n) is 0.190. The lowest BCUT2D eigenvalue weighted by atomic mass is 11.3. The van der Waals surface area contributed by atoms with E-state index in [1.165, 1.54) is 0 Å². The quantitative estimate of drug-likeness (QED) is 0.476. The SMILES string of the molecule is [CH]=CS(N)(=O)=O. The molecular formula is C2H4NO2S. The zero-order chi connectivity index (χ0) is 5.21. The third-order valence-corrected chi connectivity index (χ3v) is 0.569. The molecule has 0 rings (SSSR count). The fourth-order valence-electron chi connectivity index (χ4n) is 0. The summed E-state index contributed by atoms with van der Waals surface area (Å²) >= 11 is 0. The topological polar surface area (TPSA) is 60.2 Å². The van der Waals surface area contributed by atoms with Crippen molar-refractivity contribution in [3.63, 3.8) is 0 Å². The van der Waals surface area contributed by atoms with Crippen molar-refractivity contribution >= 4 is 10.0 Å². The summed E-state index contributed by atoms with van der Waals surface area (Å²) in [4.78, 5) is 0. The van der Waals surface area contributed by atoms with Gasteiger partial charge in [-0.25, -0.2) is 13.6 Å². The number of sulfonamides is 1. The molecule has 0 heterocycles. The summed E-state index contributed by atoms with van der Waals surface area (Å²) in [6, 6.07) is 0. The smallest absolute Gasteiger partial charge is 0.225 e. The second-order valence-electron chi connectivity index (χ2n) is 0.725. The second-order valence-corrected chi connectivity index (χ2v) is 2.18. The molecule has 0 atom stereocenters. The summed E-state index contributed by atoms with van der Waals surface area (Å²) in [6.07, 6.45) is 0. The Balaban J connectivity index is 4.25. The van der Waals surface area contributed by atoms with Crippen LogP contribution in [0.5, 0.6) is 0 Å². The first-order valence-corrected chi connectivity index (χ1v) is 2.75. The first kappa shape index (κ1) is 5.65. The standard InChI is InChI=1S/C2H4NO2S/c1-2-6(3,4)5/h1-2H,(H2,3,4,5). The lowest BCUT2D eigenvalue weighted by Crippen LogP contribution is -2.05. The van der Waals surface area contributed by atoms with Crippen LogP contribution in [-0.2, 0) is 10.0 Å². The lowest BCUT2D eigenvalue weighted by molar-refractivity contribution is 0.606. The van der Waals surface area contributed by atoms with Crippen molar-refractivity contribution in [2.45, 2.75) is 0 Å². The van der Waals surface area contributed by atoms with Crippen molar-refractivity contribution in [2.24, 2.45) is 5.14 Å². The fourth-order valence-corrected chi connectivity index (χ4v) is 0. The van der Waals surface area contributed by atoms with Crippen LogP contribution in [-0.4, -0.2) is 8.42 Å². The van der Waals surface area contributed by atoms with E-state index in [4.69, 9.17) is 0 Å². The van der Waals surface area contributed by atoms with Gasteiger partial charge in [-0.2, -0.15) is 0 Å². The zero-order valence-corrected chi connectivity index (χ0v) is 3.77. The van der Waals surface area contributed by atoms with Gasteiger partial charge in [0.2, 0.25) is 10.0 Å². The molecule has 0 aliphatic heterocycles. The Labute approximate surface area is 36.5 Å². The van der Waals surface area contributed by atoms with E-state index in [0.717, 1.165) is 0 Å². The number of primary sulfonamides is 1. The predicted octanol–water partition coefficient (Wildman–Crippen LogP) is -0.778. The molecule has 0 fully saturated rings. The molecule has 0 saturated heterocycles. The minimum absolute atomic E-state index is 0.438. The Morgan fingerprint density at radius 3 is 1.83 bits per heavy atom. The number of rotatable bonds is 1. The van der Waals surface area contributed by atoms with Gasteiger partial charge >= 0.3 is 0 Å². The molecule has 0 aliphatic rings. The molecule has 1 radical (unpaired) electrons. The first-order chi connectivity index (χ1) is 2.56. The van der Waals surface area contributed by atoms with Crippen LogP contribution in [0.2, 0.25) is 0 Å². The summed E-state index contributed by atoms with van der Waals surface area (Å²) in [6.45, 7) is 4.47.